The predicted molar refractivity (Wildman–Crippen MR) is 108 cm³/mol. The first kappa shape index (κ1) is 19.2. The maximum Gasteiger partial charge on any atom is 0.191 e. The Bertz CT molecular complexity index is 651. The van der Waals surface area contributed by atoms with Crippen LogP contribution in [-0.4, -0.2) is 30.6 Å². The molecule has 25 heavy (non-hydrogen) atoms. The van der Waals surface area contributed by atoms with Crippen molar-refractivity contribution in [3.05, 3.63) is 46.4 Å². The Balaban J connectivity index is 1.84. The maximum atomic E-state index is 4.43. The lowest BCUT2D eigenvalue weighted by atomic mass is 10.0. The first-order valence-corrected chi connectivity index (χ1v) is 9.63. The number of nitrogens with zero attached hydrogens (tertiary/aromatic N) is 2. The maximum absolute atomic E-state index is 4.43. The highest BCUT2D eigenvalue weighted by atomic mass is 32.1. The van der Waals surface area contributed by atoms with Gasteiger partial charge in [-0.1, -0.05) is 39.0 Å². The van der Waals surface area contributed by atoms with E-state index in [4.69, 9.17) is 0 Å². The highest BCUT2D eigenvalue weighted by Gasteiger charge is 2.14. The number of anilines is 1. The second-order valence-corrected chi connectivity index (χ2v) is 7.44. The lowest BCUT2D eigenvalue weighted by Crippen LogP contribution is -2.44. The van der Waals surface area contributed by atoms with Gasteiger partial charge in [0.15, 0.2) is 5.96 Å². The van der Waals surface area contributed by atoms with Crippen molar-refractivity contribution >= 4 is 23.0 Å². The minimum Gasteiger partial charge on any atom is -0.380 e. The summed E-state index contributed by atoms with van der Waals surface area (Å²) in [7, 11) is 1.80. The molecule has 0 bridgehead atoms. The second kappa shape index (κ2) is 10.0. The fourth-order valence-electron chi connectivity index (χ4n) is 2.38. The zero-order valence-corrected chi connectivity index (χ0v) is 16.4. The normalized spacial score (nSPS) is 12.9. The van der Waals surface area contributed by atoms with Gasteiger partial charge in [0.25, 0.3) is 0 Å². The molecule has 1 heterocycles. The van der Waals surface area contributed by atoms with Crippen LogP contribution in [0.5, 0.6) is 0 Å². The number of aryl methyl sites for hydroxylation is 1. The molecule has 0 radical (unpaired) electrons. The van der Waals surface area contributed by atoms with Crippen molar-refractivity contribution in [3.63, 3.8) is 0 Å². The molecule has 2 aromatic rings. The Morgan fingerprint density at radius 3 is 2.56 bits per heavy atom. The minimum absolute atomic E-state index is 0.313. The SMILES string of the molecule is CCc1cnc(CNC(=NC)NCC(Nc2ccccc2)C(C)C)s1. The number of hydrogen-bond acceptors (Lipinski definition) is 4. The smallest absolute Gasteiger partial charge is 0.191 e. The van der Waals surface area contributed by atoms with Crippen molar-refractivity contribution in [2.24, 2.45) is 10.9 Å². The molecule has 2 rings (SSSR count). The summed E-state index contributed by atoms with van der Waals surface area (Å²) in [4.78, 5) is 10.1. The van der Waals surface area contributed by atoms with Crippen molar-refractivity contribution in [1.82, 2.24) is 15.6 Å². The summed E-state index contributed by atoms with van der Waals surface area (Å²) in [5, 5.41) is 11.4. The topological polar surface area (TPSA) is 61.3 Å². The summed E-state index contributed by atoms with van der Waals surface area (Å²) in [6.45, 7) is 8.09. The van der Waals surface area contributed by atoms with Gasteiger partial charge in [-0.05, 0) is 24.5 Å². The van der Waals surface area contributed by atoms with E-state index in [1.165, 1.54) is 4.88 Å². The van der Waals surface area contributed by atoms with Crippen LogP contribution in [0.15, 0.2) is 41.5 Å². The van der Waals surface area contributed by atoms with E-state index in [0.29, 0.717) is 18.5 Å². The van der Waals surface area contributed by atoms with E-state index in [0.717, 1.165) is 29.6 Å². The van der Waals surface area contributed by atoms with E-state index in [-0.39, 0.29) is 0 Å². The van der Waals surface area contributed by atoms with Crippen LogP contribution in [0.1, 0.15) is 30.7 Å². The Kier molecular flexibility index (Phi) is 7.73. The Labute approximate surface area is 155 Å². The summed E-state index contributed by atoms with van der Waals surface area (Å²) in [6.07, 6.45) is 2.99. The second-order valence-electron chi connectivity index (χ2n) is 6.24. The van der Waals surface area contributed by atoms with E-state index in [9.17, 15) is 0 Å². The molecule has 0 aliphatic heterocycles. The molecule has 1 aromatic carbocycles. The van der Waals surface area contributed by atoms with Gasteiger partial charge in [-0.3, -0.25) is 4.99 Å². The number of guanidine groups is 1. The van der Waals surface area contributed by atoms with Crippen LogP contribution in [0.3, 0.4) is 0 Å². The first-order valence-electron chi connectivity index (χ1n) is 8.82. The molecule has 5 nitrogen and oxygen atoms in total. The summed E-state index contributed by atoms with van der Waals surface area (Å²) in [6, 6.07) is 10.6. The monoisotopic (exact) mass is 359 g/mol. The molecule has 3 N–H and O–H groups in total. The summed E-state index contributed by atoms with van der Waals surface area (Å²) < 4.78 is 0. The molecule has 0 saturated heterocycles. The summed E-state index contributed by atoms with van der Waals surface area (Å²) in [5.41, 5.74) is 1.14. The molecular formula is C19H29N5S. The third-order valence-electron chi connectivity index (χ3n) is 4.00. The molecular weight excluding hydrogens is 330 g/mol. The number of rotatable bonds is 8. The van der Waals surface area contributed by atoms with Crippen molar-refractivity contribution in [3.8, 4) is 0 Å². The zero-order valence-electron chi connectivity index (χ0n) is 15.5. The molecule has 0 spiro atoms. The Morgan fingerprint density at radius 1 is 1.20 bits per heavy atom. The van der Waals surface area contributed by atoms with Crippen molar-refractivity contribution in [2.75, 3.05) is 18.9 Å². The number of hydrogen-bond donors (Lipinski definition) is 3. The van der Waals surface area contributed by atoms with Gasteiger partial charge < -0.3 is 16.0 Å². The average molecular weight is 360 g/mol. The third-order valence-corrected chi connectivity index (χ3v) is 5.14. The number of thiazole rings is 1. The molecule has 0 aliphatic rings. The van der Waals surface area contributed by atoms with Gasteiger partial charge in [-0.25, -0.2) is 4.98 Å². The van der Waals surface area contributed by atoms with Crippen molar-refractivity contribution in [1.29, 1.82) is 0 Å². The average Bonchev–Trinajstić information content (AvgIpc) is 3.09. The van der Waals surface area contributed by atoms with Gasteiger partial charge in [0.2, 0.25) is 0 Å². The van der Waals surface area contributed by atoms with Crippen LogP contribution in [0, 0.1) is 5.92 Å². The van der Waals surface area contributed by atoms with Crippen molar-refractivity contribution in [2.45, 2.75) is 39.8 Å². The van der Waals surface area contributed by atoms with E-state index in [1.807, 2.05) is 24.4 Å². The van der Waals surface area contributed by atoms with Gasteiger partial charge in [-0.2, -0.15) is 0 Å². The molecule has 136 valence electrons. The van der Waals surface area contributed by atoms with Gasteiger partial charge in [0.1, 0.15) is 5.01 Å². The van der Waals surface area contributed by atoms with Crippen LogP contribution in [0.25, 0.3) is 0 Å². The largest absolute Gasteiger partial charge is 0.380 e. The zero-order chi connectivity index (χ0) is 18.1. The number of aliphatic imine (C=N–C) groups is 1. The molecule has 1 atom stereocenters. The molecule has 0 fully saturated rings. The molecule has 6 heteroatoms. The first-order chi connectivity index (χ1) is 12.1. The molecule has 0 saturated carbocycles. The van der Waals surface area contributed by atoms with E-state index >= 15 is 0 Å². The summed E-state index contributed by atoms with van der Waals surface area (Å²) >= 11 is 1.75. The molecule has 1 unspecified atom stereocenters. The van der Waals surface area contributed by atoms with Gasteiger partial charge in [0, 0.05) is 36.4 Å². The number of benzene rings is 1. The van der Waals surface area contributed by atoms with Crippen LogP contribution in [-0.2, 0) is 13.0 Å². The van der Waals surface area contributed by atoms with Crippen LogP contribution in [0.4, 0.5) is 5.69 Å². The number of aromatic nitrogens is 1. The third kappa shape index (κ3) is 6.38. The fourth-order valence-corrected chi connectivity index (χ4v) is 3.18. The highest BCUT2D eigenvalue weighted by Crippen LogP contribution is 2.13. The highest BCUT2D eigenvalue weighted by molar-refractivity contribution is 7.11. The Hall–Kier alpha value is -2.08. The number of nitrogens with one attached hydrogen (secondary N) is 3. The molecule has 0 aliphatic carbocycles. The fraction of sp³-hybridized carbons (Fsp3) is 0.474. The standard InChI is InChI=1S/C19H29N5S/c1-5-16-11-21-18(25-16)13-23-19(20-4)22-12-17(14(2)3)24-15-9-7-6-8-10-15/h6-11,14,17,24H,5,12-13H2,1-4H3,(H2,20,22,23). The molecule has 1 aromatic heterocycles. The van der Waals surface area contributed by atoms with E-state index < -0.39 is 0 Å². The van der Waals surface area contributed by atoms with Crippen LogP contribution >= 0.6 is 11.3 Å². The Morgan fingerprint density at radius 2 is 1.96 bits per heavy atom. The van der Waals surface area contributed by atoms with E-state index in [2.05, 4.69) is 58.8 Å². The van der Waals surface area contributed by atoms with Gasteiger partial charge in [0.05, 0.1) is 6.54 Å². The molecule has 0 amide bonds. The lowest BCUT2D eigenvalue weighted by molar-refractivity contribution is 0.512. The minimum atomic E-state index is 0.313. The van der Waals surface area contributed by atoms with Gasteiger partial charge >= 0.3 is 0 Å². The van der Waals surface area contributed by atoms with E-state index in [1.54, 1.807) is 18.4 Å². The lowest BCUT2D eigenvalue weighted by Gasteiger charge is -2.25. The summed E-state index contributed by atoms with van der Waals surface area (Å²) in [5.74, 6) is 1.30. The van der Waals surface area contributed by atoms with Crippen LogP contribution < -0.4 is 16.0 Å². The van der Waals surface area contributed by atoms with Crippen LogP contribution in [0.2, 0.25) is 0 Å². The number of para-hydroxylation sites is 1. The predicted octanol–water partition coefficient (Wildman–Crippen LogP) is 3.51. The quantitative estimate of drug-likeness (QED) is 0.499. The van der Waals surface area contributed by atoms with Crippen molar-refractivity contribution < 1.29 is 0 Å². The van der Waals surface area contributed by atoms with Gasteiger partial charge in [-0.15, -0.1) is 11.3 Å².